The SMILES string of the molecule is C=C(C)C(=O)OCCCC(=O)CCCN(CCC[Si](C)(OC)OC)C(=O)NCCOC(=O)C(=C)C.C=C(C)C(=O)OCCOC#N.CO[Si](C)(CCCNCCN)OC. The van der Waals surface area contributed by atoms with E-state index < -0.39 is 35.0 Å². The molecule has 0 unspecified atom stereocenters. The molecule has 0 aliphatic rings. The number of Topliss-reactive ketones (excluding diaryl/α,β-unsaturated/α-hetero) is 1. The molecule has 0 bridgehead atoms. The number of esters is 3. The van der Waals surface area contributed by atoms with Crippen molar-refractivity contribution in [1.82, 2.24) is 15.5 Å². The van der Waals surface area contributed by atoms with Crippen LogP contribution in [0.5, 0.6) is 0 Å². The lowest BCUT2D eigenvalue weighted by Gasteiger charge is -2.26. The second kappa shape index (κ2) is 37.1. The molecule has 0 aromatic rings. The summed E-state index contributed by atoms with van der Waals surface area (Å²) in [4.78, 5) is 59.9. The van der Waals surface area contributed by atoms with Gasteiger partial charge in [0.25, 0.3) is 6.26 Å². The van der Waals surface area contributed by atoms with E-state index in [9.17, 15) is 24.0 Å². The highest BCUT2D eigenvalue weighted by Gasteiger charge is 2.29. The maximum absolute atomic E-state index is 12.7. The van der Waals surface area contributed by atoms with E-state index in [4.69, 9.17) is 38.2 Å². The molecule has 2 amide bonds. The highest BCUT2D eigenvalue weighted by Crippen LogP contribution is 2.15. The maximum atomic E-state index is 12.7. The van der Waals surface area contributed by atoms with Gasteiger partial charge in [-0.15, -0.1) is 0 Å². The molecule has 0 rings (SSSR count). The predicted molar refractivity (Wildman–Crippen MR) is 229 cm³/mol. The Morgan fingerprint density at radius 2 is 1.10 bits per heavy atom. The summed E-state index contributed by atoms with van der Waals surface area (Å²) in [5.41, 5.74) is 6.29. The number of nitriles is 1. The summed E-state index contributed by atoms with van der Waals surface area (Å²) in [6.07, 6.45) is 4.80. The molecule has 0 spiro atoms. The number of hydrogen-bond acceptors (Lipinski definition) is 16. The number of carbonyl (C=O) groups excluding carboxylic acids is 5. The van der Waals surface area contributed by atoms with Gasteiger partial charge < -0.3 is 57.9 Å². The van der Waals surface area contributed by atoms with E-state index in [0.29, 0.717) is 74.5 Å². The first-order chi connectivity index (χ1) is 27.8. The molecule has 0 saturated carbocycles. The summed E-state index contributed by atoms with van der Waals surface area (Å²) >= 11 is 0. The lowest BCUT2D eigenvalue weighted by molar-refractivity contribution is -0.140. The molecule has 0 radical (unpaired) electrons. The van der Waals surface area contributed by atoms with Gasteiger partial charge in [-0.2, -0.15) is 5.26 Å². The molecule has 0 aromatic heterocycles. The van der Waals surface area contributed by atoms with Crippen molar-refractivity contribution in [2.45, 2.75) is 84.5 Å². The van der Waals surface area contributed by atoms with Gasteiger partial charge in [0.15, 0.2) is 0 Å². The van der Waals surface area contributed by atoms with Crippen molar-refractivity contribution in [3.05, 3.63) is 36.5 Å². The van der Waals surface area contributed by atoms with E-state index in [0.717, 1.165) is 25.6 Å². The second-order valence-electron chi connectivity index (χ2n) is 13.5. The second-order valence-corrected chi connectivity index (χ2v) is 20.7. The van der Waals surface area contributed by atoms with Crippen LogP contribution < -0.4 is 16.4 Å². The molecule has 0 saturated heterocycles. The van der Waals surface area contributed by atoms with Gasteiger partial charge in [0, 0.05) is 84.2 Å². The largest absolute Gasteiger partial charge is 0.462 e. The Bertz CT molecular complexity index is 1310. The minimum Gasteiger partial charge on any atom is -0.462 e. The van der Waals surface area contributed by atoms with Gasteiger partial charge in [0.05, 0.1) is 13.2 Å². The third-order valence-electron chi connectivity index (χ3n) is 8.24. The van der Waals surface area contributed by atoms with Crippen molar-refractivity contribution in [1.29, 1.82) is 5.26 Å². The topological polar surface area (TPSA) is 236 Å². The van der Waals surface area contributed by atoms with Gasteiger partial charge >= 0.3 is 41.1 Å². The molecule has 0 aliphatic heterocycles. The van der Waals surface area contributed by atoms with Crippen molar-refractivity contribution in [2.24, 2.45) is 5.73 Å². The maximum Gasteiger partial charge on any atom is 0.334 e. The lowest BCUT2D eigenvalue weighted by Crippen LogP contribution is -2.43. The number of rotatable bonds is 31. The molecule has 0 aliphatic carbocycles. The van der Waals surface area contributed by atoms with Crippen molar-refractivity contribution in [2.75, 3.05) is 94.1 Å². The number of nitrogens with two attached hydrogens (primary N) is 1. The van der Waals surface area contributed by atoms with E-state index in [1.54, 1.807) is 54.1 Å². The molecular weight excluding hydrogens is 803 g/mol. The smallest absolute Gasteiger partial charge is 0.334 e. The van der Waals surface area contributed by atoms with Gasteiger partial charge in [0.1, 0.15) is 25.6 Å². The van der Waals surface area contributed by atoms with Crippen molar-refractivity contribution >= 4 is 46.8 Å². The van der Waals surface area contributed by atoms with E-state index in [-0.39, 0.29) is 44.8 Å². The van der Waals surface area contributed by atoms with Crippen LogP contribution in [0, 0.1) is 11.5 Å². The number of ketones is 1. The van der Waals surface area contributed by atoms with Gasteiger partial charge in [0.2, 0.25) is 0 Å². The number of urea groups is 1. The van der Waals surface area contributed by atoms with Crippen LogP contribution in [0.1, 0.15) is 59.3 Å². The Morgan fingerprint density at radius 1 is 0.644 bits per heavy atom. The molecule has 20 heteroatoms. The van der Waals surface area contributed by atoms with Crippen LogP contribution in [0.15, 0.2) is 36.5 Å². The fourth-order valence-corrected chi connectivity index (χ4v) is 7.04. The van der Waals surface area contributed by atoms with E-state index >= 15 is 0 Å². The average Bonchev–Trinajstić information content (AvgIpc) is 3.21. The van der Waals surface area contributed by atoms with Crippen LogP contribution in [0.25, 0.3) is 0 Å². The summed E-state index contributed by atoms with van der Waals surface area (Å²) in [5, 5.41) is 13.9. The molecule has 0 heterocycles. The van der Waals surface area contributed by atoms with E-state index in [1.165, 1.54) is 6.26 Å². The number of nitrogens with one attached hydrogen (secondary N) is 2. The number of amides is 2. The minimum atomic E-state index is -2.26. The quantitative estimate of drug-likeness (QED) is 0.0223. The van der Waals surface area contributed by atoms with Crippen LogP contribution in [0.4, 0.5) is 4.79 Å². The van der Waals surface area contributed by atoms with Crippen LogP contribution in [0.2, 0.25) is 25.2 Å². The zero-order valence-corrected chi connectivity index (χ0v) is 39.1. The number of ether oxygens (including phenoxy) is 4. The summed E-state index contributed by atoms with van der Waals surface area (Å²) in [6, 6.07) is 1.44. The molecule has 59 heavy (non-hydrogen) atoms. The first kappa shape index (κ1) is 59.4. The van der Waals surface area contributed by atoms with Crippen LogP contribution in [-0.2, 0) is 55.8 Å². The third kappa shape index (κ3) is 34.6. The Balaban J connectivity index is -0.00000106. The van der Waals surface area contributed by atoms with Crippen LogP contribution >= 0.6 is 0 Å². The zero-order valence-electron chi connectivity index (χ0n) is 37.1. The summed E-state index contributed by atoms with van der Waals surface area (Å²) in [6.45, 7) is 23.1. The van der Waals surface area contributed by atoms with Crippen LogP contribution in [0.3, 0.4) is 0 Å². The molecule has 0 fully saturated rings. The highest BCUT2D eigenvalue weighted by atomic mass is 28.4. The van der Waals surface area contributed by atoms with Crippen molar-refractivity contribution < 1.29 is 60.6 Å². The standard InChI is InChI=1S/C24H42N2O8Si.C8H22N2O2Si.C7H9NO3/c1-19(2)22(28)33-16-9-12-21(27)11-8-14-26(15-10-18-35(7,31-5)32-6)24(30)25-13-17-34-23(29)20(3)4;1-11-13(3,12-2)8-4-6-10-7-5-9;1-6(2)7(9)11-4-3-10-5-8/h1,3,8-18H2,2,4-7H3,(H,25,30);10H,4-9H2,1-3H3;1,3-4H2,2H3. The minimum absolute atomic E-state index is 0.0397. The average molecular weight is 876 g/mol. The molecular formula is C39H73N5O13Si2. The number of carbonyl (C=O) groups is 5. The Kier molecular flexibility index (Phi) is 37.3. The first-order valence-electron chi connectivity index (χ1n) is 19.5. The van der Waals surface area contributed by atoms with Crippen molar-refractivity contribution in [3.8, 4) is 6.26 Å². The Hall–Kier alpha value is -3.95. The summed E-state index contributed by atoms with van der Waals surface area (Å²) < 4.78 is 40.5. The monoisotopic (exact) mass is 875 g/mol. The van der Waals surface area contributed by atoms with Crippen molar-refractivity contribution in [3.63, 3.8) is 0 Å². The zero-order chi connectivity index (χ0) is 45.7. The lowest BCUT2D eigenvalue weighted by atomic mass is 10.1. The fraction of sp³-hybridized carbons (Fsp3) is 0.692. The number of hydrogen-bond donors (Lipinski definition) is 3. The van der Waals surface area contributed by atoms with Gasteiger partial charge in [-0.25, -0.2) is 19.2 Å². The fourth-order valence-electron chi connectivity index (χ4n) is 4.27. The molecule has 0 aromatic carbocycles. The molecule has 4 N–H and O–H groups in total. The Morgan fingerprint density at radius 3 is 1.58 bits per heavy atom. The van der Waals surface area contributed by atoms with E-state index in [2.05, 4.69) is 46.4 Å². The summed E-state index contributed by atoms with van der Waals surface area (Å²) in [5.74, 6) is -1.39. The predicted octanol–water partition coefficient (Wildman–Crippen LogP) is 4.01. The molecule has 340 valence electrons. The van der Waals surface area contributed by atoms with Gasteiger partial charge in [-0.3, -0.25) is 4.79 Å². The third-order valence-corrected chi connectivity index (χ3v) is 14.2. The van der Waals surface area contributed by atoms with Gasteiger partial charge in [-0.1, -0.05) is 19.7 Å². The highest BCUT2D eigenvalue weighted by molar-refractivity contribution is 6.66. The molecule has 0 atom stereocenters. The molecule has 18 nitrogen and oxygen atoms in total. The Labute approximate surface area is 354 Å². The number of nitrogens with zero attached hydrogens (tertiary/aromatic N) is 2. The summed E-state index contributed by atoms with van der Waals surface area (Å²) in [7, 11) is 2.61. The first-order valence-corrected chi connectivity index (χ1v) is 24.5. The normalized spacial score (nSPS) is 10.6. The van der Waals surface area contributed by atoms with Gasteiger partial charge in [-0.05, 0) is 78.2 Å². The van der Waals surface area contributed by atoms with E-state index in [1.807, 2.05) is 6.55 Å². The van der Waals surface area contributed by atoms with Crippen LogP contribution in [-0.4, -0.2) is 146 Å².